The summed E-state index contributed by atoms with van der Waals surface area (Å²) in [6, 6.07) is 7.96. The number of fused-ring (bicyclic) bond motifs is 1. The van der Waals surface area contributed by atoms with Crippen LogP contribution in [0.3, 0.4) is 0 Å². The molecule has 1 aliphatic rings. The number of H-pyrrole nitrogens is 1. The summed E-state index contributed by atoms with van der Waals surface area (Å²) in [6.45, 7) is 5.03. The second-order valence-corrected chi connectivity index (χ2v) is 11.1. The third kappa shape index (κ3) is 4.09. The first-order valence-electron chi connectivity index (χ1n) is 10.00. The number of hydrogen-bond acceptors (Lipinski definition) is 6. The SMILES string of the molecule is CC(C)(C=O)Cc1c[nH]c2ncc(-c3cccc(N4CCC(S(C)(=O)=O)C4)c3)nc12. The number of aromatic amines is 1. The van der Waals surface area contributed by atoms with Crippen molar-refractivity contribution in [1.29, 1.82) is 0 Å². The fourth-order valence-electron chi connectivity index (χ4n) is 3.92. The largest absolute Gasteiger partial charge is 0.370 e. The molecule has 1 saturated heterocycles. The molecule has 1 unspecified atom stereocenters. The molecule has 0 amide bonds. The number of rotatable bonds is 6. The van der Waals surface area contributed by atoms with E-state index in [1.54, 1.807) is 6.20 Å². The van der Waals surface area contributed by atoms with Gasteiger partial charge in [-0.15, -0.1) is 0 Å². The Hall–Kier alpha value is -2.74. The van der Waals surface area contributed by atoms with Crippen LogP contribution in [0, 0.1) is 5.41 Å². The molecule has 158 valence electrons. The second-order valence-electron chi connectivity index (χ2n) is 8.79. The molecule has 1 atom stereocenters. The van der Waals surface area contributed by atoms with Crippen molar-refractivity contribution in [1.82, 2.24) is 15.0 Å². The van der Waals surface area contributed by atoms with Crippen LogP contribution < -0.4 is 4.90 Å². The number of nitrogens with zero attached hydrogens (tertiary/aromatic N) is 3. The number of sulfone groups is 1. The first-order valence-corrected chi connectivity index (χ1v) is 12.0. The maximum Gasteiger partial charge on any atom is 0.156 e. The van der Waals surface area contributed by atoms with E-state index in [1.807, 2.05) is 44.3 Å². The van der Waals surface area contributed by atoms with Crippen LogP contribution in [0.15, 0.2) is 36.7 Å². The molecular formula is C22H26N4O3S. The summed E-state index contributed by atoms with van der Waals surface area (Å²) in [7, 11) is -3.04. The maximum atomic E-state index is 11.9. The first kappa shape index (κ1) is 20.5. The van der Waals surface area contributed by atoms with Crippen LogP contribution in [0.1, 0.15) is 25.8 Å². The molecule has 0 bridgehead atoms. The maximum absolute atomic E-state index is 11.9. The summed E-state index contributed by atoms with van der Waals surface area (Å²) in [4.78, 5) is 25.9. The topological polar surface area (TPSA) is 96.0 Å². The Kier molecular flexibility index (Phi) is 5.13. The predicted molar refractivity (Wildman–Crippen MR) is 118 cm³/mol. The van der Waals surface area contributed by atoms with Crippen molar-refractivity contribution in [3.63, 3.8) is 0 Å². The quantitative estimate of drug-likeness (QED) is 0.609. The fourth-order valence-corrected chi connectivity index (χ4v) is 4.91. The van der Waals surface area contributed by atoms with Crippen LogP contribution in [0.5, 0.6) is 0 Å². The van der Waals surface area contributed by atoms with Crippen LogP contribution in [0.4, 0.5) is 5.69 Å². The zero-order valence-corrected chi connectivity index (χ0v) is 18.2. The number of carbonyl (C=O) groups is 1. The lowest BCUT2D eigenvalue weighted by molar-refractivity contribution is -0.114. The van der Waals surface area contributed by atoms with Crippen molar-refractivity contribution in [2.75, 3.05) is 24.2 Å². The Labute approximate surface area is 176 Å². The van der Waals surface area contributed by atoms with Gasteiger partial charge in [0.25, 0.3) is 0 Å². The molecule has 1 aliphatic heterocycles. The molecule has 1 aromatic carbocycles. The van der Waals surface area contributed by atoms with Crippen molar-refractivity contribution in [2.24, 2.45) is 5.41 Å². The van der Waals surface area contributed by atoms with E-state index in [4.69, 9.17) is 4.98 Å². The highest BCUT2D eigenvalue weighted by molar-refractivity contribution is 7.91. The van der Waals surface area contributed by atoms with Gasteiger partial charge < -0.3 is 14.7 Å². The van der Waals surface area contributed by atoms with Gasteiger partial charge in [0.15, 0.2) is 15.5 Å². The van der Waals surface area contributed by atoms with E-state index in [-0.39, 0.29) is 5.25 Å². The predicted octanol–water partition coefficient (Wildman–Crippen LogP) is 3.02. The lowest BCUT2D eigenvalue weighted by Gasteiger charge is -2.19. The van der Waals surface area contributed by atoms with E-state index in [9.17, 15) is 13.2 Å². The van der Waals surface area contributed by atoms with Crippen LogP contribution in [-0.4, -0.2) is 54.3 Å². The number of aldehydes is 1. The van der Waals surface area contributed by atoms with Gasteiger partial charge in [0, 0.05) is 42.2 Å². The van der Waals surface area contributed by atoms with Gasteiger partial charge in [-0.05, 0) is 30.5 Å². The lowest BCUT2D eigenvalue weighted by atomic mass is 9.88. The van der Waals surface area contributed by atoms with Crippen LogP contribution in [-0.2, 0) is 21.1 Å². The molecule has 4 rings (SSSR count). The molecule has 3 aromatic rings. The van der Waals surface area contributed by atoms with E-state index >= 15 is 0 Å². The van der Waals surface area contributed by atoms with Crippen LogP contribution in [0.25, 0.3) is 22.4 Å². The zero-order valence-electron chi connectivity index (χ0n) is 17.4. The van der Waals surface area contributed by atoms with Crippen molar-refractivity contribution in [2.45, 2.75) is 31.9 Å². The summed E-state index contributed by atoms with van der Waals surface area (Å²) in [5.41, 5.74) is 4.60. The molecule has 1 fully saturated rings. The molecule has 2 aromatic heterocycles. The van der Waals surface area contributed by atoms with E-state index < -0.39 is 15.3 Å². The molecule has 0 spiro atoms. The highest BCUT2D eigenvalue weighted by Crippen LogP contribution is 2.29. The van der Waals surface area contributed by atoms with E-state index in [2.05, 4.69) is 14.9 Å². The minimum absolute atomic E-state index is 0.319. The van der Waals surface area contributed by atoms with Gasteiger partial charge in [0.1, 0.15) is 11.8 Å². The smallest absolute Gasteiger partial charge is 0.156 e. The van der Waals surface area contributed by atoms with Gasteiger partial charge in [0.2, 0.25) is 0 Å². The Morgan fingerprint density at radius 1 is 1.33 bits per heavy atom. The fraction of sp³-hybridized carbons (Fsp3) is 0.409. The number of anilines is 1. The summed E-state index contributed by atoms with van der Waals surface area (Å²) in [5.74, 6) is 0. The molecular weight excluding hydrogens is 400 g/mol. The summed E-state index contributed by atoms with van der Waals surface area (Å²) >= 11 is 0. The third-order valence-electron chi connectivity index (χ3n) is 5.68. The highest BCUT2D eigenvalue weighted by Gasteiger charge is 2.30. The molecule has 0 radical (unpaired) electrons. The molecule has 0 saturated carbocycles. The Morgan fingerprint density at radius 3 is 2.83 bits per heavy atom. The summed E-state index contributed by atoms with van der Waals surface area (Å²) < 4.78 is 23.8. The van der Waals surface area contributed by atoms with Crippen molar-refractivity contribution in [3.8, 4) is 11.3 Å². The second kappa shape index (κ2) is 7.50. The number of carbonyl (C=O) groups excluding carboxylic acids is 1. The van der Waals surface area contributed by atoms with Gasteiger partial charge in [-0.2, -0.15) is 0 Å². The molecule has 1 N–H and O–H groups in total. The first-order chi connectivity index (χ1) is 14.2. The minimum atomic E-state index is -3.04. The van der Waals surface area contributed by atoms with Gasteiger partial charge in [-0.3, -0.25) is 0 Å². The van der Waals surface area contributed by atoms with Crippen LogP contribution in [0.2, 0.25) is 0 Å². The number of benzene rings is 1. The van der Waals surface area contributed by atoms with Crippen LogP contribution >= 0.6 is 0 Å². The number of nitrogens with one attached hydrogen (secondary N) is 1. The van der Waals surface area contributed by atoms with Gasteiger partial charge in [0.05, 0.1) is 17.1 Å². The average Bonchev–Trinajstić information content (AvgIpc) is 3.35. The molecule has 8 heteroatoms. The lowest BCUT2D eigenvalue weighted by Crippen LogP contribution is -2.26. The molecule has 0 aliphatic carbocycles. The minimum Gasteiger partial charge on any atom is -0.370 e. The number of hydrogen-bond donors (Lipinski definition) is 1. The monoisotopic (exact) mass is 426 g/mol. The zero-order chi connectivity index (χ0) is 21.5. The standard InChI is InChI=1S/C22H26N4O3S/c1-22(2,14-27)10-16-11-23-21-20(16)25-19(12-24-21)15-5-4-6-17(9-15)26-8-7-18(13-26)30(3,28)29/h4-6,9,11-12,14,18H,7-8,10,13H2,1-3H3,(H,23,24). The molecule has 30 heavy (non-hydrogen) atoms. The number of aromatic nitrogens is 3. The highest BCUT2D eigenvalue weighted by atomic mass is 32.2. The van der Waals surface area contributed by atoms with E-state index in [1.165, 1.54) is 6.26 Å². The molecule has 7 nitrogen and oxygen atoms in total. The summed E-state index contributed by atoms with van der Waals surface area (Å²) in [6.07, 6.45) is 7.10. The normalized spacial score (nSPS) is 17.6. The average molecular weight is 427 g/mol. The van der Waals surface area contributed by atoms with E-state index in [0.29, 0.717) is 31.6 Å². The summed E-state index contributed by atoms with van der Waals surface area (Å²) in [5, 5.41) is -0.319. The van der Waals surface area contributed by atoms with E-state index in [0.717, 1.165) is 34.3 Å². The Balaban J connectivity index is 1.65. The Morgan fingerprint density at radius 2 is 2.13 bits per heavy atom. The van der Waals surface area contributed by atoms with Gasteiger partial charge in [-0.25, -0.2) is 18.4 Å². The van der Waals surface area contributed by atoms with Gasteiger partial charge >= 0.3 is 0 Å². The molecule has 3 heterocycles. The van der Waals surface area contributed by atoms with Crippen molar-refractivity contribution in [3.05, 3.63) is 42.2 Å². The third-order valence-corrected chi connectivity index (χ3v) is 7.28. The van der Waals surface area contributed by atoms with Crippen molar-refractivity contribution >= 4 is 33.0 Å². The van der Waals surface area contributed by atoms with Crippen molar-refractivity contribution < 1.29 is 13.2 Å². The van der Waals surface area contributed by atoms with Gasteiger partial charge in [-0.1, -0.05) is 26.0 Å². The Bertz CT molecular complexity index is 1200.